The van der Waals surface area contributed by atoms with Crippen LogP contribution >= 0.6 is 0 Å². The predicted molar refractivity (Wildman–Crippen MR) is 94.7 cm³/mol. The number of carbonyl (C=O) groups is 1. The number of Topliss-reactive ketones (excluding diaryl/α,β-unsaturated/α-hetero) is 1. The summed E-state index contributed by atoms with van der Waals surface area (Å²) < 4.78 is 11.8. The Bertz CT molecular complexity index is 818. The number of benzene rings is 1. The fourth-order valence-electron chi connectivity index (χ4n) is 6.41. The summed E-state index contributed by atoms with van der Waals surface area (Å²) in [6.07, 6.45) is 4.65. The monoisotopic (exact) mass is 355 g/mol. The maximum atomic E-state index is 12.8. The van der Waals surface area contributed by atoms with Crippen LogP contribution in [0.2, 0.25) is 0 Å². The normalized spacial score (nSPS) is 40.2. The van der Waals surface area contributed by atoms with Crippen LogP contribution in [0, 0.1) is 5.92 Å². The molecule has 5 heteroatoms. The van der Waals surface area contributed by atoms with Crippen molar-refractivity contribution in [3.8, 4) is 11.5 Å². The zero-order valence-electron chi connectivity index (χ0n) is 15.2. The Morgan fingerprint density at radius 1 is 1.35 bits per heavy atom. The summed E-state index contributed by atoms with van der Waals surface area (Å²) >= 11 is 0. The summed E-state index contributed by atoms with van der Waals surface area (Å²) in [5.74, 6) is 2.32. The van der Waals surface area contributed by atoms with Gasteiger partial charge in [0.15, 0.2) is 23.4 Å². The quantitative estimate of drug-likeness (QED) is 0.896. The van der Waals surface area contributed by atoms with Crippen LogP contribution in [0.3, 0.4) is 0 Å². The zero-order chi connectivity index (χ0) is 17.7. The molecule has 0 aromatic heterocycles. The lowest BCUT2D eigenvalue weighted by Crippen LogP contribution is -2.76. The second-order valence-electron chi connectivity index (χ2n) is 8.90. The van der Waals surface area contributed by atoms with E-state index in [0.717, 1.165) is 37.4 Å². The maximum Gasteiger partial charge on any atom is 0.174 e. The predicted octanol–water partition coefficient (Wildman–Crippen LogP) is 1.83. The molecule has 2 heterocycles. The van der Waals surface area contributed by atoms with E-state index in [0.29, 0.717) is 24.3 Å². The van der Waals surface area contributed by atoms with Gasteiger partial charge in [0.1, 0.15) is 0 Å². The molecule has 3 aliphatic carbocycles. The Labute approximate surface area is 153 Å². The van der Waals surface area contributed by atoms with E-state index in [1.54, 1.807) is 7.11 Å². The molecule has 2 aliphatic heterocycles. The number of rotatable bonds is 3. The highest BCUT2D eigenvalue weighted by Crippen LogP contribution is 2.65. The van der Waals surface area contributed by atoms with Crippen LogP contribution in [0.25, 0.3) is 0 Å². The largest absolute Gasteiger partial charge is 0.493 e. The van der Waals surface area contributed by atoms with E-state index in [-0.39, 0.29) is 11.8 Å². The number of aliphatic hydroxyl groups is 1. The summed E-state index contributed by atoms with van der Waals surface area (Å²) in [7, 11) is 1.64. The fraction of sp³-hybridized carbons (Fsp3) is 0.667. The molecule has 1 unspecified atom stereocenters. The second-order valence-corrected chi connectivity index (χ2v) is 8.90. The molecule has 6 rings (SSSR count). The molecule has 138 valence electrons. The topological polar surface area (TPSA) is 59.0 Å². The van der Waals surface area contributed by atoms with Crippen molar-refractivity contribution in [2.75, 3.05) is 20.2 Å². The first kappa shape index (κ1) is 15.5. The molecule has 1 saturated heterocycles. The van der Waals surface area contributed by atoms with Gasteiger partial charge < -0.3 is 14.6 Å². The van der Waals surface area contributed by atoms with Crippen LogP contribution < -0.4 is 9.47 Å². The van der Waals surface area contributed by atoms with Crippen molar-refractivity contribution in [1.29, 1.82) is 0 Å². The van der Waals surface area contributed by atoms with Crippen molar-refractivity contribution in [2.45, 2.75) is 61.7 Å². The van der Waals surface area contributed by atoms with Gasteiger partial charge in [-0.05, 0) is 56.2 Å². The van der Waals surface area contributed by atoms with E-state index >= 15 is 0 Å². The van der Waals surface area contributed by atoms with Crippen molar-refractivity contribution in [3.63, 3.8) is 0 Å². The van der Waals surface area contributed by atoms with Crippen molar-refractivity contribution < 1.29 is 19.4 Å². The molecule has 0 radical (unpaired) electrons. The lowest BCUT2D eigenvalue weighted by molar-refractivity contribution is -0.188. The summed E-state index contributed by atoms with van der Waals surface area (Å²) in [5, 5.41) is 12.1. The van der Waals surface area contributed by atoms with Gasteiger partial charge >= 0.3 is 0 Å². The van der Waals surface area contributed by atoms with Crippen molar-refractivity contribution in [2.24, 2.45) is 5.92 Å². The number of piperidine rings is 1. The smallest absolute Gasteiger partial charge is 0.174 e. The van der Waals surface area contributed by atoms with Crippen LogP contribution in [0.4, 0.5) is 0 Å². The molecule has 1 aromatic carbocycles. The zero-order valence-corrected chi connectivity index (χ0v) is 15.2. The van der Waals surface area contributed by atoms with Crippen LogP contribution in [0.15, 0.2) is 12.1 Å². The molecule has 5 aliphatic rings. The number of methoxy groups -OCH3 is 1. The van der Waals surface area contributed by atoms with E-state index < -0.39 is 17.1 Å². The number of ether oxygens (including phenoxy) is 2. The number of nitrogens with zero attached hydrogens (tertiary/aromatic N) is 1. The SMILES string of the molecule is COc1ccc2c3c1O[C@H]1C(=O)CC[C@@]4(O)C(C2)N(CC2CC2)CC[C@]314. The van der Waals surface area contributed by atoms with E-state index in [9.17, 15) is 9.90 Å². The number of likely N-dealkylation sites (tertiary alicyclic amines) is 1. The minimum atomic E-state index is -0.886. The lowest BCUT2D eigenvalue weighted by atomic mass is 9.49. The standard InChI is InChI=1S/C21H25NO4/c1-25-15-5-4-13-10-16-21(24)7-6-14(23)19-20(21,17(13)18(15)26-19)8-9-22(16)11-12-2-3-12/h4-5,12,16,19,24H,2-3,6-11H2,1H3/t16?,19-,20-,21+/m0/s1. The van der Waals surface area contributed by atoms with Crippen molar-refractivity contribution >= 4 is 5.78 Å². The Morgan fingerprint density at radius 3 is 2.96 bits per heavy atom. The van der Waals surface area contributed by atoms with Gasteiger partial charge in [-0.1, -0.05) is 6.07 Å². The summed E-state index contributed by atoms with van der Waals surface area (Å²) in [5.41, 5.74) is 0.821. The van der Waals surface area contributed by atoms with Crippen LogP contribution in [-0.2, 0) is 16.6 Å². The first-order chi connectivity index (χ1) is 12.6. The first-order valence-corrected chi connectivity index (χ1v) is 9.94. The average Bonchev–Trinajstić information content (AvgIpc) is 3.37. The molecule has 4 atom stereocenters. The maximum absolute atomic E-state index is 12.8. The van der Waals surface area contributed by atoms with Crippen molar-refractivity contribution in [1.82, 2.24) is 4.90 Å². The van der Waals surface area contributed by atoms with Gasteiger partial charge in [-0.15, -0.1) is 0 Å². The Balaban J connectivity index is 1.57. The molecule has 1 aromatic rings. The van der Waals surface area contributed by atoms with Gasteiger partial charge in [0.05, 0.1) is 18.1 Å². The molecule has 0 amide bonds. The third-order valence-electron chi connectivity index (χ3n) is 7.76. The highest BCUT2D eigenvalue weighted by Gasteiger charge is 2.73. The highest BCUT2D eigenvalue weighted by molar-refractivity contribution is 5.90. The van der Waals surface area contributed by atoms with Gasteiger partial charge in [0, 0.05) is 24.6 Å². The molecule has 2 bridgehead atoms. The number of hydrogen-bond donors (Lipinski definition) is 1. The highest BCUT2D eigenvalue weighted by atomic mass is 16.5. The van der Waals surface area contributed by atoms with E-state index in [1.807, 2.05) is 6.07 Å². The van der Waals surface area contributed by atoms with Gasteiger partial charge in [-0.3, -0.25) is 9.69 Å². The molecule has 5 nitrogen and oxygen atoms in total. The Kier molecular flexibility index (Phi) is 2.86. The summed E-state index contributed by atoms with van der Waals surface area (Å²) in [4.78, 5) is 15.4. The van der Waals surface area contributed by atoms with Crippen molar-refractivity contribution in [3.05, 3.63) is 23.3 Å². The van der Waals surface area contributed by atoms with E-state index in [1.165, 1.54) is 18.4 Å². The van der Waals surface area contributed by atoms with Gasteiger partial charge in [0.2, 0.25) is 0 Å². The lowest BCUT2D eigenvalue weighted by Gasteiger charge is -2.62. The van der Waals surface area contributed by atoms with Gasteiger partial charge in [-0.2, -0.15) is 0 Å². The number of ketones is 1. The fourth-order valence-corrected chi connectivity index (χ4v) is 6.41. The Hall–Kier alpha value is -1.59. The van der Waals surface area contributed by atoms with Gasteiger partial charge in [0.25, 0.3) is 0 Å². The Morgan fingerprint density at radius 2 is 2.19 bits per heavy atom. The minimum absolute atomic E-state index is 0.0860. The molecule has 2 saturated carbocycles. The molecule has 3 fully saturated rings. The molecular formula is C21H25NO4. The van der Waals surface area contributed by atoms with Crippen LogP contribution in [-0.4, -0.2) is 53.7 Å². The van der Waals surface area contributed by atoms with Gasteiger partial charge in [-0.25, -0.2) is 0 Å². The van der Waals surface area contributed by atoms with E-state index in [4.69, 9.17) is 9.47 Å². The number of hydrogen-bond acceptors (Lipinski definition) is 5. The molecule has 1 spiro atoms. The van der Waals surface area contributed by atoms with Crippen LogP contribution in [0.1, 0.15) is 43.2 Å². The molecule has 1 N–H and O–H groups in total. The first-order valence-electron chi connectivity index (χ1n) is 9.94. The van der Waals surface area contributed by atoms with E-state index in [2.05, 4.69) is 11.0 Å². The molecular weight excluding hydrogens is 330 g/mol. The summed E-state index contributed by atoms with van der Waals surface area (Å²) in [6.45, 7) is 2.02. The third-order valence-corrected chi connectivity index (χ3v) is 7.76. The summed E-state index contributed by atoms with van der Waals surface area (Å²) in [6, 6.07) is 4.16. The van der Waals surface area contributed by atoms with Crippen LogP contribution in [0.5, 0.6) is 11.5 Å². The molecule has 26 heavy (non-hydrogen) atoms. The second kappa shape index (κ2) is 4.82. The third kappa shape index (κ3) is 1.63. The minimum Gasteiger partial charge on any atom is -0.493 e. The number of carbonyl (C=O) groups excluding carboxylic acids is 1. The average molecular weight is 355 g/mol.